The van der Waals surface area contributed by atoms with E-state index in [0.29, 0.717) is 6.54 Å². The summed E-state index contributed by atoms with van der Waals surface area (Å²) >= 11 is 5.83. The highest BCUT2D eigenvalue weighted by Crippen LogP contribution is 2.25. The lowest BCUT2D eigenvalue weighted by Gasteiger charge is -2.21. The summed E-state index contributed by atoms with van der Waals surface area (Å²) in [6.45, 7) is 0.920. The highest BCUT2D eigenvalue weighted by Gasteiger charge is 2.14. The Bertz CT molecular complexity index is 574. The maximum absolute atomic E-state index is 13.0. The van der Waals surface area contributed by atoms with Crippen molar-refractivity contribution in [2.24, 2.45) is 5.92 Å². The predicted molar refractivity (Wildman–Crippen MR) is 92.6 cm³/mol. The molecule has 0 spiro atoms. The normalized spacial score (nSPS) is 15.1. The minimum absolute atomic E-state index is 0.0597. The lowest BCUT2D eigenvalue weighted by Crippen LogP contribution is -2.32. The molecular formula is C18H24ClFN2O2. The fourth-order valence-corrected chi connectivity index (χ4v) is 3.29. The third kappa shape index (κ3) is 6.11. The van der Waals surface area contributed by atoms with E-state index in [1.54, 1.807) is 0 Å². The Labute approximate surface area is 147 Å². The molecule has 6 heteroatoms. The van der Waals surface area contributed by atoms with Gasteiger partial charge in [-0.3, -0.25) is 9.59 Å². The maximum atomic E-state index is 13.0. The summed E-state index contributed by atoms with van der Waals surface area (Å²) in [7, 11) is 0. The summed E-state index contributed by atoms with van der Waals surface area (Å²) in [4.78, 5) is 23.7. The molecule has 0 aliphatic heterocycles. The molecule has 1 aliphatic carbocycles. The van der Waals surface area contributed by atoms with Crippen LogP contribution in [0.2, 0.25) is 5.02 Å². The number of hydrogen-bond donors (Lipinski definition) is 2. The minimum Gasteiger partial charge on any atom is -0.356 e. The Kier molecular flexibility index (Phi) is 7.50. The van der Waals surface area contributed by atoms with Gasteiger partial charge in [-0.1, -0.05) is 43.7 Å². The molecule has 4 nitrogen and oxygen atoms in total. The van der Waals surface area contributed by atoms with E-state index in [4.69, 9.17) is 11.6 Å². The van der Waals surface area contributed by atoms with E-state index in [1.165, 1.54) is 44.2 Å². The molecule has 1 aromatic rings. The largest absolute Gasteiger partial charge is 0.356 e. The van der Waals surface area contributed by atoms with E-state index in [0.717, 1.165) is 18.4 Å². The summed E-state index contributed by atoms with van der Waals surface area (Å²) in [5.41, 5.74) is 0.204. The highest BCUT2D eigenvalue weighted by molar-refractivity contribution is 6.33. The highest BCUT2D eigenvalue weighted by atomic mass is 35.5. The van der Waals surface area contributed by atoms with E-state index in [1.807, 2.05) is 0 Å². The first kappa shape index (κ1) is 18.7. The van der Waals surface area contributed by atoms with Gasteiger partial charge in [-0.2, -0.15) is 0 Å². The van der Waals surface area contributed by atoms with Gasteiger partial charge in [0.2, 0.25) is 5.91 Å². The number of carbonyl (C=O) groups is 2. The van der Waals surface area contributed by atoms with Crippen LogP contribution in [-0.2, 0) is 4.79 Å². The number of carbonyl (C=O) groups excluding carboxylic acids is 2. The molecular weight excluding hydrogens is 331 g/mol. The van der Waals surface area contributed by atoms with Gasteiger partial charge >= 0.3 is 0 Å². The molecule has 0 unspecified atom stereocenters. The second-order valence-electron chi connectivity index (χ2n) is 6.27. The van der Waals surface area contributed by atoms with Crippen molar-refractivity contribution in [1.29, 1.82) is 0 Å². The molecule has 1 saturated carbocycles. The van der Waals surface area contributed by atoms with Gasteiger partial charge in [-0.05, 0) is 30.5 Å². The molecule has 1 aromatic carbocycles. The molecule has 0 bridgehead atoms. The summed E-state index contributed by atoms with van der Waals surface area (Å²) in [6, 6.07) is 3.60. The Morgan fingerprint density at radius 3 is 2.58 bits per heavy atom. The van der Waals surface area contributed by atoms with Crippen LogP contribution in [0.5, 0.6) is 0 Å². The Morgan fingerprint density at radius 2 is 1.88 bits per heavy atom. The van der Waals surface area contributed by atoms with Gasteiger partial charge < -0.3 is 10.6 Å². The Hall–Kier alpha value is -1.62. The zero-order chi connectivity index (χ0) is 17.4. The third-order valence-corrected chi connectivity index (χ3v) is 4.73. The Balaban J connectivity index is 1.62. The fraction of sp³-hybridized carbons (Fsp3) is 0.556. The molecule has 0 atom stereocenters. The first-order chi connectivity index (χ1) is 11.6. The van der Waals surface area contributed by atoms with Crippen molar-refractivity contribution in [3.8, 4) is 0 Å². The average molecular weight is 355 g/mol. The first-order valence-electron chi connectivity index (χ1n) is 8.56. The summed E-state index contributed by atoms with van der Waals surface area (Å²) in [5, 5.41) is 5.58. The van der Waals surface area contributed by atoms with Gasteiger partial charge in [0.25, 0.3) is 5.91 Å². The topological polar surface area (TPSA) is 58.2 Å². The van der Waals surface area contributed by atoms with Crippen molar-refractivity contribution in [1.82, 2.24) is 10.6 Å². The van der Waals surface area contributed by atoms with Crippen LogP contribution in [0, 0.1) is 11.7 Å². The minimum atomic E-state index is -0.492. The van der Waals surface area contributed by atoms with Gasteiger partial charge in [0, 0.05) is 19.5 Å². The number of halogens is 2. The number of rotatable bonds is 7. The van der Waals surface area contributed by atoms with E-state index >= 15 is 0 Å². The predicted octanol–water partition coefficient (Wildman–Crippen LogP) is 3.69. The van der Waals surface area contributed by atoms with Crippen molar-refractivity contribution in [2.75, 3.05) is 13.1 Å². The van der Waals surface area contributed by atoms with E-state index in [9.17, 15) is 14.0 Å². The molecule has 0 saturated heterocycles. The van der Waals surface area contributed by atoms with E-state index < -0.39 is 11.7 Å². The quantitative estimate of drug-likeness (QED) is 0.784. The molecule has 1 fully saturated rings. The zero-order valence-corrected chi connectivity index (χ0v) is 14.5. The molecule has 2 N–H and O–H groups in total. The van der Waals surface area contributed by atoms with Crippen LogP contribution in [0.4, 0.5) is 4.39 Å². The van der Waals surface area contributed by atoms with Crippen LogP contribution < -0.4 is 10.6 Å². The van der Waals surface area contributed by atoms with Crippen LogP contribution in [0.25, 0.3) is 0 Å². The van der Waals surface area contributed by atoms with Crippen molar-refractivity contribution < 1.29 is 14.0 Å². The molecule has 0 aromatic heterocycles. The second kappa shape index (κ2) is 9.62. The van der Waals surface area contributed by atoms with Crippen LogP contribution in [0.3, 0.4) is 0 Å². The maximum Gasteiger partial charge on any atom is 0.252 e. The molecule has 24 heavy (non-hydrogen) atoms. The van der Waals surface area contributed by atoms with Gasteiger partial charge in [0.15, 0.2) is 0 Å². The fourth-order valence-electron chi connectivity index (χ4n) is 3.04. The van der Waals surface area contributed by atoms with Gasteiger partial charge in [-0.25, -0.2) is 4.39 Å². The summed E-state index contributed by atoms with van der Waals surface area (Å²) in [5.74, 6) is -0.236. The van der Waals surface area contributed by atoms with Crippen LogP contribution in [0.15, 0.2) is 18.2 Å². The second-order valence-corrected chi connectivity index (χ2v) is 6.68. The van der Waals surface area contributed by atoms with Crippen LogP contribution >= 0.6 is 11.6 Å². The van der Waals surface area contributed by atoms with Crippen LogP contribution in [0.1, 0.15) is 55.3 Å². The standard InChI is InChI=1S/C18H24ClFN2O2/c19-16-12-14(20)6-7-15(16)18(24)22-11-9-17(23)21-10-8-13-4-2-1-3-5-13/h6-7,12-13H,1-5,8-11H2,(H,21,23)(H,22,24). The summed E-state index contributed by atoms with van der Waals surface area (Å²) < 4.78 is 13.0. The van der Waals surface area contributed by atoms with E-state index in [-0.39, 0.29) is 29.5 Å². The molecule has 132 valence electrons. The zero-order valence-electron chi connectivity index (χ0n) is 13.7. The smallest absolute Gasteiger partial charge is 0.252 e. The first-order valence-corrected chi connectivity index (χ1v) is 8.94. The van der Waals surface area contributed by atoms with E-state index in [2.05, 4.69) is 10.6 Å². The van der Waals surface area contributed by atoms with Crippen molar-refractivity contribution >= 4 is 23.4 Å². The van der Waals surface area contributed by atoms with Gasteiger partial charge in [-0.15, -0.1) is 0 Å². The molecule has 1 aliphatic rings. The van der Waals surface area contributed by atoms with Crippen molar-refractivity contribution in [3.05, 3.63) is 34.6 Å². The molecule has 0 radical (unpaired) electrons. The molecule has 2 rings (SSSR count). The number of benzene rings is 1. The number of nitrogens with one attached hydrogen (secondary N) is 2. The van der Waals surface area contributed by atoms with Crippen molar-refractivity contribution in [3.63, 3.8) is 0 Å². The van der Waals surface area contributed by atoms with Crippen molar-refractivity contribution in [2.45, 2.75) is 44.9 Å². The average Bonchev–Trinajstić information content (AvgIpc) is 2.55. The summed E-state index contributed by atoms with van der Waals surface area (Å²) in [6.07, 6.45) is 7.72. The van der Waals surface area contributed by atoms with Gasteiger partial charge in [0.1, 0.15) is 5.82 Å². The van der Waals surface area contributed by atoms with Gasteiger partial charge in [0.05, 0.1) is 10.6 Å². The monoisotopic (exact) mass is 354 g/mol. The van der Waals surface area contributed by atoms with Crippen LogP contribution in [-0.4, -0.2) is 24.9 Å². The lowest BCUT2D eigenvalue weighted by atomic mass is 9.87. The number of amides is 2. The third-order valence-electron chi connectivity index (χ3n) is 4.41. The number of hydrogen-bond acceptors (Lipinski definition) is 2. The molecule has 2 amide bonds. The SMILES string of the molecule is O=C(CCNC(=O)c1ccc(F)cc1Cl)NCCC1CCCCC1. The molecule has 0 heterocycles. The lowest BCUT2D eigenvalue weighted by molar-refractivity contribution is -0.121. The Morgan fingerprint density at radius 1 is 1.12 bits per heavy atom.